The Morgan fingerprint density at radius 1 is 0.543 bits per heavy atom. The zero-order valence-corrected chi connectivity index (χ0v) is 29.2. The minimum atomic E-state index is -1.33. The van der Waals surface area contributed by atoms with Crippen molar-refractivity contribution >= 4 is 35.5 Å². The van der Waals surface area contributed by atoms with E-state index in [0.717, 1.165) is 0 Å². The van der Waals surface area contributed by atoms with Crippen LogP contribution in [0.5, 0.6) is 0 Å². The molecule has 14 heteroatoms. The fraction of sp³-hybridized carbons (Fsp3) is 0.812. The molecule has 0 saturated heterocycles. The van der Waals surface area contributed by atoms with Crippen LogP contribution >= 0.6 is 0 Å². The van der Waals surface area contributed by atoms with Crippen molar-refractivity contribution in [2.24, 2.45) is 23.7 Å². The summed E-state index contributed by atoms with van der Waals surface area (Å²) >= 11 is 0. The molecule has 0 fully saturated rings. The summed E-state index contributed by atoms with van der Waals surface area (Å²) in [5, 5.41) is 43.6. The van der Waals surface area contributed by atoms with Crippen molar-refractivity contribution in [2.45, 2.75) is 144 Å². The predicted octanol–water partition coefficient (Wildman–Crippen LogP) is 0.831. The molecular weight excluding hydrogens is 598 g/mol. The van der Waals surface area contributed by atoms with Gasteiger partial charge in [-0.2, -0.15) is 0 Å². The Hall–Kier alpha value is -3.26. The summed E-state index contributed by atoms with van der Waals surface area (Å²) in [5.41, 5.74) is 0. The van der Waals surface area contributed by atoms with Gasteiger partial charge in [-0.15, -0.1) is 0 Å². The second-order valence-corrected chi connectivity index (χ2v) is 13.6. The smallest absolute Gasteiger partial charge is 0.306 e. The number of carbonyl (C=O) groups is 6. The fourth-order valence-corrected chi connectivity index (χ4v) is 4.83. The summed E-state index contributed by atoms with van der Waals surface area (Å²) in [5.74, 6) is -4.38. The third-order valence-corrected chi connectivity index (χ3v) is 7.42. The molecule has 0 aromatic rings. The second kappa shape index (κ2) is 20.8. The molecule has 0 aliphatic heterocycles. The van der Waals surface area contributed by atoms with Crippen molar-refractivity contribution in [3.8, 4) is 0 Å². The molecule has 0 aliphatic rings. The zero-order valence-electron chi connectivity index (χ0n) is 29.2. The van der Waals surface area contributed by atoms with Gasteiger partial charge < -0.3 is 41.9 Å². The first-order chi connectivity index (χ1) is 21.2. The number of hydrogen-bond donors (Lipinski definition) is 8. The molecule has 266 valence electrons. The van der Waals surface area contributed by atoms with Crippen molar-refractivity contribution in [1.82, 2.24) is 26.6 Å². The average molecular weight is 658 g/mol. The van der Waals surface area contributed by atoms with E-state index >= 15 is 0 Å². The van der Waals surface area contributed by atoms with Crippen molar-refractivity contribution in [2.75, 3.05) is 0 Å². The van der Waals surface area contributed by atoms with Crippen LogP contribution in [0.3, 0.4) is 0 Å². The van der Waals surface area contributed by atoms with Crippen molar-refractivity contribution in [3.63, 3.8) is 0 Å². The largest absolute Gasteiger partial charge is 0.481 e. The molecule has 0 spiro atoms. The van der Waals surface area contributed by atoms with Crippen LogP contribution in [0.15, 0.2) is 0 Å². The van der Waals surface area contributed by atoms with E-state index in [9.17, 15) is 39.0 Å². The van der Waals surface area contributed by atoms with Gasteiger partial charge in [0.15, 0.2) is 0 Å². The summed E-state index contributed by atoms with van der Waals surface area (Å²) in [6.45, 7) is 17.6. The van der Waals surface area contributed by atoms with Gasteiger partial charge in [0.25, 0.3) is 0 Å². The molecule has 8 N–H and O–H groups in total. The number of aliphatic carboxylic acids is 1. The Balaban J connectivity index is 5.57. The summed E-state index contributed by atoms with van der Waals surface area (Å²) in [6, 6.07) is -4.59. The lowest BCUT2D eigenvalue weighted by molar-refractivity contribution is -0.140. The van der Waals surface area contributed by atoms with Crippen LogP contribution in [0.4, 0.5) is 0 Å². The molecule has 0 bridgehead atoms. The molecule has 0 heterocycles. The quantitative estimate of drug-likeness (QED) is 0.0874. The van der Waals surface area contributed by atoms with Gasteiger partial charge in [-0.1, -0.05) is 62.3 Å². The number of aliphatic hydroxyl groups is 2. The average Bonchev–Trinajstić information content (AvgIpc) is 2.91. The standard InChI is InChI=1S/C32H59N5O9/c1-11-25(40)36-28(18(6)7)32(46)37-29(19(8)9)31(45)35-21(12-16(2)3)23(38)14-26(41)33-20(10)30(44)34-22(13-17(4)5)24(39)15-27(42)43/h16-24,28-29,38-39H,11-15H2,1-10H3,(H,33,41)(H,34,44)(H,35,45)(H,36,40)(H,37,46)(H,42,43)/t20-,21-,22-,23+,24+,28-,29+/m0/s1. The molecule has 14 nitrogen and oxygen atoms in total. The number of carboxylic acids is 1. The van der Waals surface area contributed by atoms with Crippen molar-refractivity contribution < 1.29 is 44.1 Å². The summed E-state index contributed by atoms with van der Waals surface area (Å²) in [6.07, 6.45) is -2.81. The van der Waals surface area contributed by atoms with Gasteiger partial charge in [0.2, 0.25) is 29.5 Å². The van der Waals surface area contributed by atoms with E-state index in [1.165, 1.54) is 6.92 Å². The van der Waals surface area contributed by atoms with E-state index in [2.05, 4.69) is 26.6 Å². The van der Waals surface area contributed by atoms with E-state index in [0.29, 0.717) is 12.8 Å². The van der Waals surface area contributed by atoms with Gasteiger partial charge in [-0.3, -0.25) is 28.8 Å². The normalized spacial score (nSPS) is 16.2. The van der Waals surface area contributed by atoms with Crippen LogP contribution in [-0.2, 0) is 28.8 Å². The first-order valence-electron chi connectivity index (χ1n) is 16.3. The van der Waals surface area contributed by atoms with Gasteiger partial charge in [0.1, 0.15) is 18.1 Å². The molecule has 7 atom stereocenters. The molecule has 0 unspecified atom stereocenters. The van der Waals surface area contributed by atoms with Gasteiger partial charge in [-0.05, 0) is 43.4 Å². The minimum Gasteiger partial charge on any atom is -0.481 e. The highest BCUT2D eigenvalue weighted by Gasteiger charge is 2.33. The highest BCUT2D eigenvalue weighted by atomic mass is 16.4. The maximum atomic E-state index is 13.4. The van der Waals surface area contributed by atoms with Crippen LogP contribution in [0.2, 0.25) is 0 Å². The SMILES string of the molecule is CCC(=O)N[C@H](C(=O)N[C@@H](C(=O)N[C@@H](CC(C)C)[C@H](O)CC(=O)N[C@@H](C)C(=O)N[C@@H](CC(C)C)[C@H](O)CC(=O)O)C(C)C)C(C)C. The Bertz CT molecular complexity index is 1020. The lowest BCUT2D eigenvalue weighted by atomic mass is 9.95. The molecule has 46 heavy (non-hydrogen) atoms. The van der Waals surface area contributed by atoms with Crippen LogP contribution in [0, 0.1) is 23.7 Å². The number of carbonyl (C=O) groups excluding carboxylic acids is 5. The fourth-order valence-electron chi connectivity index (χ4n) is 4.83. The van der Waals surface area contributed by atoms with Crippen LogP contribution in [0.1, 0.15) is 101 Å². The number of rotatable bonds is 21. The molecule has 0 aromatic heterocycles. The lowest BCUT2D eigenvalue weighted by Gasteiger charge is -2.31. The van der Waals surface area contributed by atoms with Gasteiger partial charge in [0, 0.05) is 6.42 Å². The molecule has 5 amide bonds. The van der Waals surface area contributed by atoms with Gasteiger partial charge in [0.05, 0.1) is 37.1 Å². The Kier molecular flexibility index (Phi) is 19.3. The van der Waals surface area contributed by atoms with E-state index in [-0.39, 0.29) is 36.0 Å². The zero-order chi connectivity index (χ0) is 35.9. The number of nitrogens with one attached hydrogen (secondary N) is 5. The second-order valence-electron chi connectivity index (χ2n) is 13.6. The first-order valence-corrected chi connectivity index (χ1v) is 16.3. The molecule has 0 aromatic carbocycles. The monoisotopic (exact) mass is 657 g/mol. The highest BCUT2D eigenvalue weighted by molar-refractivity contribution is 5.92. The number of amides is 5. The third-order valence-electron chi connectivity index (χ3n) is 7.42. The molecule has 0 radical (unpaired) electrons. The van der Waals surface area contributed by atoms with Gasteiger partial charge >= 0.3 is 5.97 Å². The van der Waals surface area contributed by atoms with Crippen molar-refractivity contribution in [1.29, 1.82) is 0 Å². The topological polar surface area (TPSA) is 223 Å². The number of hydrogen-bond acceptors (Lipinski definition) is 8. The van der Waals surface area contributed by atoms with E-state index in [1.54, 1.807) is 34.6 Å². The molecular formula is C32H59N5O9. The van der Waals surface area contributed by atoms with E-state index in [1.807, 2.05) is 27.7 Å². The van der Waals surface area contributed by atoms with Crippen molar-refractivity contribution in [3.05, 3.63) is 0 Å². The van der Waals surface area contributed by atoms with Crippen LogP contribution < -0.4 is 26.6 Å². The van der Waals surface area contributed by atoms with Crippen LogP contribution in [-0.4, -0.2) is 93.2 Å². The van der Waals surface area contributed by atoms with Gasteiger partial charge in [-0.25, -0.2) is 0 Å². The first kappa shape index (κ1) is 42.7. The summed E-state index contributed by atoms with van der Waals surface area (Å²) < 4.78 is 0. The maximum Gasteiger partial charge on any atom is 0.306 e. The lowest BCUT2D eigenvalue weighted by Crippen LogP contribution is -2.59. The minimum absolute atomic E-state index is 0.0181. The number of carboxylic acid groups (broad SMARTS) is 1. The Morgan fingerprint density at radius 3 is 1.37 bits per heavy atom. The summed E-state index contributed by atoms with van der Waals surface area (Å²) in [4.78, 5) is 75.2. The molecule has 0 aliphatic carbocycles. The molecule has 0 saturated carbocycles. The molecule has 0 rings (SSSR count). The van der Waals surface area contributed by atoms with Crippen LogP contribution in [0.25, 0.3) is 0 Å². The third kappa shape index (κ3) is 16.3. The highest BCUT2D eigenvalue weighted by Crippen LogP contribution is 2.15. The Morgan fingerprint density at radius 2 is 0.957 bits per heavy atom. The summed E-state index contributed by atoms with van der Waals surface area (Å²) in [7, 11) is 0. The Labute approximate surface area is 273 Å². The number of aliphatic hydroxyl groups excluding tert-OH is 2. The van der Waals surface area contributed by atoms with E-state index in [4.69, 9.17) is 5.11 Å². The predicted molar refractivity (Wildman–Crippen MR) is 173 cm³/mol. The van der Waals surface area contributed by atoms with E-state index < -0.39 is 84.9 Å². The maximum absolute atomic E-state index is 13.4.